The van der Waals surface area contributed by atoms with Crippen LogP contribution in [0.25, 0.3) is 0 Å². The van der Waals surface area contributed by atoms with Crippen LogP contribution in [0.4, 0.5) is 0 Å². The summed E-state index contributed by atoms with van der Waals surface area (Å²) in [5, 5.41) is 12.3. The van der Waals surface area contributed by atoms with Gasteiger partial charge in [0, 0.05) is 23.8 Å². The maximum absolute atomic E-state index is 6.21. The Morgan fingerprint density at radius 1 is 1.16 bits per heavy atom. The van der Waals surface area contributed by atoms with Gasteiger partial charge in [0.2, 0.25) is 0 Å². The molecule has 4 heteroatoms. The first-order chi connectivity index (χ1) is 9.33. The molecule has 1 saturated carbocycles. The normalized spacial score (nSPS) is 21.9. The highest BCUT2D eigenvalue weighted by molar-refractivity contribution is 6.31. The van der Waals surface area contributed by atoms with Crippen LogP contribution in [0.5, 0.6) is 0 Å². The van der Waals surface area contributed by atoms with E-state index in [2.05, 4.69) is 27.6 Å². The summed E-state index contributed by atoms with van der Waals surface area (Å²) in [4.78, 5) is 0. The molecule has 19 heavy (non-hydrogen) atoms. The minimum absolute atomic E-state index is 0.559. The van der Waals surface area contributed by atoms with Gasteiger partial charge in [-0.15, -0.1) is 0 Å². The lowest BCUT2D eigenvalue weighted by molar-refractivity contribution is 0.288. The zero-order valence-corrected chi connectivity index (χ0v) is 11.3. The summed E-state index contributed by atoms with van der Waals surface area (Å²) in [6.07, 6.45) is 3.98. The van der Waals surface area contributed by atoms with Gasteiger partial charge in [0.05, 0.1) is 5.69 Å². The topological polar surface area (TPSA) is 37.8 Å². The van der Waals surface area contributed by atoms with Crippen LogP contribution in [0.3, 0.4) is 0 Å². The third-order valence-corrected chi connectivity index (χ3v) is 4.03. The van der Waals surface area contributed by atoms with Gasteiger partial charge in [-0.25, -0.2) is 0 Å². The minimum atomic E-state index is 0.559. The second-order valence-electron chi connectivity index (χ2n) is 4.98. The Balaban J connectivity index is 1.50. The molecule has 3 nitrogen and oxygen atoms in total. The first-order valence-corrected chi connectivity index (χ1v) is 6.95. The molecule has 0 atom stereocenters. The predicted molar refractivity (Wildman–Crippen MR) is 76.1 cm³/mol. The standard InChI is InChI=1S/C15H16ClN3/c16-15-6-2-1-5-14(15)11-8-13(9-11)17-10-12-4-3-7-18-19-12/h1-7,11,13,17H,8-10H2. The molecular formula is C15H16ClN3. The van der Waals surface area contributed by atoms with Gasteiger partial charge in [0.1, 0.15) is 0 Å². The van der Waals surface area contributed by atoms with E-state index in [-0.39, 0.29) is 0 Å². The van der Waals surface area contributed by atoms with Gasteiger partial charge in [-0.05, 0) is 42.5 Å². The van der Waals surface area contributed by atoms with Crippen molar-refractivity contribution >= 4 is 11.6 Å². The average Bonchev–Trinajstić information content (AvgIpc) is 2.40. The number of rotatable bonds is 4. The highest BCUT2D eigenvalue weighted by Crippen LogP contribution is 2.39. The summed E-state index contributed by atoms with van der Waals surface area (Å²) < 4.78 is 0. The third-order valence-electron chi connectivity index (χ3n) is 3.68. The van der Waals surface area contributed by atoms with Crippen LogP contribution >= 0.6 is 11.6 Å². The second-order valence-corrected chi connectivity index (χ2v) is 5.39. The van der Waals surface area contributed by atoms with Crippen LogP contribution in [0, 0.1) is 0 Å². The van der Waals surface area contributed by atoms with Crippen LogP contribution < -0.4 is 5.32 Å². The quantitative estimate of drug-likeness (QED) is 0.930. The highest BCUT2D eigenvalue weighted by Gasteiger charge is 2.30. The highest BCUT2D eigenvalue weighted by atomic mass is 35.5. The molecule has 98 valence electrons. The molecule has 1 N–H and O–H groups in total. The van der Waals surface area contributed by atoms with Crippen molar-refractivity contribution in [1.82, 2.24) is 15.5 Å². The SMILES string of the molecule is Clc1ccccc1C1CC(NCc2cccnn2)C1. The van der Waals surface area contributed by atoms with Crippen molar-refractivity contribution in [1.29, 1.82) is 0 Å². The summed E-state index contributed by atoms with van der Waals surface area (Å²) in [6.45, 7) is 0.785. The van der Waals surface area contributed by atoms with Gasteiger partial charge in [-0.2, -0.15) is 10.2 Å². The fourth-order valence-electron chi connectivity index (χ4n) is 2.52. The number of aromatic nitrogens is 2. The zero-order chi connectivity index (χ0) is 13.1. The summed E-state index contributed by atoms with van der Waals surface area (Å²) in [5.74, 6) is 0.591. The fraction of sp³-hybridized carbons (Fsp3) is 0.333. The van der Waals surface area contributed by atoms with E-state index in [1.165, 1.54) is 5.56 Å². The molecule has 1 aromatic heterocycles. The van der Waals surface area contributed by atoms with E-state index in [0.717, 1.165) is 30.1 Å². The molecule has 1 heterocycles. The molecule has 0 unspecified atom stereocenters. The molecule has 3 rings (SSSR count). The van der Waals surface area contributed by atoms with E-state index in [1.54, 1.807) is 6.20 Å². The Kier molecular flexibility index (Phi) is 3.76. The van der Waals surface area contributed by atoms with Crippen LogP contribution in [0.1, 0.15) is 30.0 Å². The Morgan fingerprint density at radius 2 is 2.00 bits per heavy atom. The monoisotopic (exact) mass is 273 g/mol. The molecule has 2 aromatic rings. The van der Waals surface area contributed by atoms with Gasteiger partial charge < -0.3 is 5.32 Å². The zero-order valence-electron chi connectivity index (χ0n) is 10.6. The predicted octanol–water partition coefficient (Wildman–Crippen LogP) is 3.17. The Bertz CT molecular complexity index is 538. The molecule has 0 aliphatic heterocycles. The summed E-state index contributed by atoms with van der Waals surface area (Å²) in [6, 6.07) is 12.6. The maximum atomic E-state index is 6.21. The Morgan fingerprint density at radius 3 is 2.74 bits per heavy atom. The lowest BCUT2D eigenvalue weighted by Crippen LogP contribution is -2.39. The van der Waals surface area contributed by atoms with Crippen LogP contribution in [-0.4, -0.2) is 16.2 Å². The van der Waals surface area contributed by atoms with Crippen molar-refractivity contribution in [3.63, 3.8) is 0 Å². The molecule has 0 spiro atoms. The lowest BCUT2D eigenvalue weighted by atomic mass is 9.76. The summed E-state index contributed by atoms with van der Waals surface area (Å²) in [5.41, 5.74) is 2.27. The number of benzene rings is 1. The minimum Gasteiger partial charge on any atom is -0.308 e. The van der Waals surface area contributed by atoms with Gasteiger partial charge in [0.15, 0.2) is 0 Å². The van der Waals surface area contributed by atoms with Crippen molar-refractivity contribution in [3.8, 4) is 0 Å². The molecule has 0 radical (unpaired) electrons. The van der Waals surface area contributed by atoms with Crippen LogP contribution in [0.2, 0.25) is 5.02 Å². The number of hydrogen-bond acceptors (Lipinski definition) is 3. The Hall–Kier alpha value is -1.45. The molecule has 1 aromatic carbocycles. The number of hydrogen-bond donors (Lipinski definition) is 1. The van der Waals surface area contributed by atoms with Crippen molar-refractivity contribution in [2.24, 2.45) is 0 Å². The van der Waals surface area contributed by atoms with E-state index in [4.69, 9.17) is 11.6 Å². The van der Waals surface area contributed by atoms with Gasteiger partial charge in [-0.1, -0.05) is 29.8 Å². The number of nitrogens with one attached hydrogen (secondary N) is 1. The molecule has 1 fully saturated rings. The molecule has 0 bridgehead atoms. The molecule has 1 aliphatic rings. The van der Waals surface area contributed by atoms with Crippen molar-refractivity contribution in [3.05, 3.63) is 58.9 Å². The van der Waals surface area contributed by atoms with E-state index in [9.17, 15) is 0 Å². The maximum Gasteiger partial charge on any atom is 0.0769 e. The largest absolute Gasteiger partial charge is 0.308 e. The second kappa shape index (κ2) is 5.68. The Labute approximate surface area is 118 Å². The van der Waals surface area contributed by atoms with Crippen LogP contribution in [0.15, 0.2) is 42.6 Å². The molecular weight excluding hydrogens is 258 g/mol. The summed E-state index contributed by atoms with van der Waals surface area (Å²) >= 11 is 6.21. The van der Waals surface area contributed by atoms with Gasteiger partial charge in [-0.3, -0.25) is 0 Å². The van der Waals surface area contributed by atoms with E-state index >= 15 is 0 Å². The van der Waals surface area contributed by atoms with E-state index in [0.29, 0.717) is 12.0 Å². The lowest BCUT2D eigenvalue weighted by Gasteiger charge is -2.36. The van der Waals surface area contributed by atoms with E-state index in [1.807, 2.05) is 24.3 Å². The van der Waals surface area contributed by atoms with Crippen molar-refractivity contribution in [2.45, 2.75) is 31.3 Å². The van der Waals surface area contributed by atoms with Gasteiger partial charge >= 0.3 is 0 Å². The average molecular weight is 274 g/mol. The summed E-state index contributed by atoms with van der Waals surface area (Å²) in [7, 11) is 0. The van der Waals surface area contributed by atoms with Gasteiger partial charge in [0.25, 0.3) is 0 Å². The van der Waals surface area contributed by atoms with Crippen molar-refractivity contribution < 1.29 is 0 Å². The van der Waals surface area contributed by atoms with Crippen molar-refractivity contribution in [2.75, 3.05) is 0 Å². The molecule has 0 saturated heterocycles. The molecule has 0 amide bonds. The van der Waals surface area contributed by atoms with E-state index < -0.39 is 0 Å². The molecule has 1 aliphatic carbocycles. The number of nitrogens with zero attached hydrogens (tertiary/aromatic N) is 2. The van der Waals surface area contributed by atoms with Crippen LogP contribution in [-0.2, 0) is 6.54 Å². The first-order valence-electron chi connectivity index (χ1n) is 6.57. The fourth-order valence-corrected chi connectivity index (χ4v) is 2.81. The smallest absolute Gasteiger partial charge is 0.0769 e. The number of halogens is 1. The first kappa shape index (κ1) is 12.6. The third kappa shape index (κ3) is 2.94.